The third-order valence-corrected chi connectivity index (χ3v) is 2.88. The Morgan fingerprint density at radius 2 is 2.25 bits per heavy atom. The van der Waals surface area contributed by atoms with Gasteiger partial charge in [0.2, 0.25) is 0 Å². The topological polar surface area (TPSA) is 48.0 Å². The van der Waals surface area contributed by atoms with Crippen LogP contribution in [0.4, 0.5) is 0 Å². The molecule has 3 aromatic heterocycles. The Kier molecular flexibility index (Phi) is 2.14. The van der Waals surface area contributed by atoms with Crippen molar-refractivity contribution in [2.45, 2.75) is 5.03 Å². The Labute approximate surface area is 96.1 Å². The number of fused-ring (bicyclic) bond motifs is 1. The van der Waals surface area contributed by atoms with Gasteiger partial charge in [-0.15, -0.1) is 16.9 Å². The van der Waals surface area contributed by atoms with E-state index in [-0.39, 0.29) is 0 Å². The van der Waals surface area contributed by atoms with Gasteiger partial charge in [-0.25, -0.2) is 14.5 Å². The van der Waals surface area contributed by atoms with Crippen molar-refractivity contribution in [2.24, 2.45) is 0 Å². The number of hydrogen-bond acceptors (Lipinski definition) is 4. The van der Waals surface area contributed by atoms with Gasteiger partial charge >= 0.3 is 0 Å². The third-order valence-electron chi connectivity index (χ3n) is 2.26. The standard InChI is InChI=1S/C10H9N5S/c1-16-10-6-15-8(12-10)2-3-9(13-15)14-5-4-11-7-14/h2-7H,1H3. The molecule has 5 nitrogen and oxygen atoms in total. The van der Waals surface area contributed by atoms with Crippen LogP contribution >= 0.6 is 11.8 Å². The summed E-state index contributed by atoms with van der Waals surface area (Å²) in [7, 11) is 0. The molecule has 0 amide bonds. The van der Waals surface area contributed by atoms with E-state index in [2.05, 4.69) is 15.1 Å². The summed E-state index contributed by atoms with van der Waals surface area (Å²) in [5, 5.41) is 5.42. The fourth-order valence-electron chi connectivity index (χ4n) is 1.48. The van der Waals surface area contributed by atoms with E-state index in [1.807, 2.05) is 35.3 Å². The second kappa shape index (κ2) is 3.64. The van der Waals surface area contributed by atoms with Crippen molar-refractivity contribution >= 4 is 17.4 Å². The Bertz CT molecular complexity index is 613. The lowest BCUT2D eigenvalue weighted by Gasteiger charge is -2.00. The molecular weight excluding hydrogens is 222 g/mol. The van der Waals surface area contributed by atoms with Crippen LogP contribution < -0.4 is 0 Å². The predicted octanol–water partition coefficient (Wildman–Crippen LogP) is 1.64. The highest BCUT2D eigenvalue weighted by molar-refractivity contribution is 7.98. The Morgan fingerprint density at radius 3 is 3.00 bits per heavy atom. The molecule has 0 N–H and O–H groups in total. The molecule has 0 bridgehead atoms. The number of hydrogen-bond donors (Lipinski definition) is 0. The maximum absolute atomic E-state index is 4.45. The van der Waals surface area contributed by atoms with Gasteiger partial charge in [0, 0.05) is 12.4 Å². The monoisotopic (exact) mass is 231 g/mol. The molecule has 80 valence electrons. The van der Waals surface area contributed by atoms with E-state index in [1.165, 1.54) is 0 Å². The zero-order chi connectivity index (χ0) is 11.0. The number of imidazole rings is 2. The second-order valence-electron chi connectivity index (χ2n) is 3.25. The highest BCUT2D eigenvalue weighted by atomic mass is 32.2. The van der Waals surface area contributed by atoms with Gasteiger partial charge in [-0.3, -0.25) is 4.57 Å². The predicted molar refractivity (Wildman–Crippen MR) is 61.9 cm³/mol. The van der Waals surface area contributed by atoms with Crippen LogP contribution in [0.2, 0.25) is 0 Å². The molecule has 0 aromatic carbocycles. The average Bonchev–Trinajstić information content (AvgIpc) is 2.96. The summed E-state index contributed by atoms with van der Waals surface area (Å²) < 4.78 is 3.64. The normalized spacial score (nSPS) is 11.1. The van der Waals surface area contributed by atoms with E-state index in [1.54, 1.807) is 28.8 Å². The fourth-order valence-corrected chi connectivity index (χ4v) is 1.87. The third kappa shape index (κ3) is 1.47. The van der Waals surface area contributed by atoms with E-state index < -0.39 is 0 Å². The van der Waals surface area contributed by atoms with Gasteiger partial charge in [-0.1, -0.05) is 0 Å². The molecular formula is C10H9N5S. The first-order chi connectivity index (χ1) is 7.86. The molecule has 0 radical (unpaired) electrons. The summed E-state index contributed by atoms with van der Waals surface area (Å²) in [4.78, 5) is 8.39. The zero-order valence-corrected chi connectivity index (χ0v) is 9.42. The number of rotatable bonds is 2. The average molecular weight is 231 g/mol. The summed E-state index contributed by atoms with van der Waals surface area (Å²) in [5.41, 5.74) is 0.855. The van der Waals surface area contributed by atoms with Gasteiger partial charge in [-0.05, 0) is 18.4 Å². The van der Waals surface area contributed by atoms with Gasteiger partial charge in [0.05, 0.1) is 6.20 Å². The molecule has 0 spiro atoms. The van der Waals surface area contributed by atoms with Gasteiger partial charge in [0.1, 0.15) is 11.4 Å². The lowest BCUT2D eigenvalue weighted by Crippen LogP contribution is -1.99. The van der Waals surface area contributed by atoms with Crippen LogP contribution in [0, 0.1) is 0 Å². The first-order valence-corrected chi connectivity index (χ1v) is 5.98. The van der Waals surface area contributed by atoms with Gasteiger partial charge in [0.25, 0.3) is 0 Å². The first kappa shape index (κ1) is 9.41. The smallest absolute Gasteiger partial charge is 0.158 e. The zero-order valence-electron chi connectivity index (χ0n) is 8.61. The molecule has 3 heterocycles. The fraction of sp³-hybridized carbons (Fsp3) is 0.100. The van der Waals surface area contributed by atoms with Crippen molar-refractivity contribution in [3.05, 3.63) is 37.1 Å². The highest BCUT2D eigenvalue weighted by Crippen LogP contribution is 2.14. The van der Waals surface area contributed by atoms with Crippen molar-refractivity contribution in [1.82, 2.24) is 24.1 Å². The molecule has 0 fully saturated rings. The minimum atomic E-state index is 0.829. The van der Waals surface area contributed by atoms with Crippen LogP contribution in [0.1, 0.15) is 0 Å². The second-order valence-corrected chi connectivity index (χ2v) is 4.07. The highest BCUT2D eigenvalue weighted by Gasteiger charge is 2.03. The van der Waals surface area contributed by atoms with Gasteiger partial charge < -0.3 is 0 Å². The molecule has 0 aliphatic carbocycles. The summed E-state index contributed by atoms with van der Waals surface area (Å²) in [6, 6.07) is 3.87. The number of thioether (sulfide) groups is 1. The molecule has 3 rings (SSSR count). The van der Waals surface area contributed by atoms with Crippen molar-refractivity contribution < 1.29 is 0 Å². The first-order valence-electron chi connectivity index (χ1n) is 4.75. The largest absolute Gasteiger partial charge is 0.289 e. The van der Waals surface area contributed by atoms with Crippen LogP contribution in [0.25, 0.3) is 11.5 Å². The van der Waals surface area contributed by atoms with Crippen molar-refractivity contribution in [3.63, 3.8) is 0 Å². The van der Waals surface area contributed by atoms with Crippen LogP contribution in [-0.2, 0) is 0 Å². The summed E-state index contributed by atoms with van der Waals surface area (Å²) in [5.74, 6) is 0.829. The Balaban J connectivity index is 2.15. The molecule has 0 unspecified atom stereocenters. The van der Waals surface area contributed by atoms with Crippen molar-refractivity contribution in [3.8, 4) is 5.82 Å². The lowest BCUT2D eigenvalue weighted by atomic mass is 10.5. The minimum absolute atomic E-state index is 0.829. The van der Waals surface area contributed by atoms with E-state index in [0.29, 0.717) is 0 Å². The lowest BCUT2D eigenvalue weighted by molar-refractivity contribution is 0.862. The van der Waals surface area contributed by atoms with E-state index in [0.717, 1.165) is 16.5 Å². The van der Waals surface area contributed by atoms with Crippen LogP contribution in [0.3, 0.4) is 0 Å². The van der Waals surface area contributed by atoms with E-state index >= 15 is 0 Å². The Hall–Kier alpha value is -1.82. The molecule has 6 heteroatoms. The number of nitrogens with zero attached hydrogens (tertiary/aromatic N) is 5. The van der Waals surface area contributed by atoms with Crippen LogP contribution in [-0.4, -0.2) is 30.4 Å². The SMILES string of the molecule is CSc1cn2nc(-n3ccnc3)ccc2n1. The molecule has 0 atom stereocenters. The quantitative estimate of drug-likeness (QED) is 0.629. The van der Waals surface area contributed by atoms with E-state index in [9.17, 15) is 0 Å². The van der Waals surface area contributed by atoms with Gasteiger partial charge in [-0.2, -0.15) is 0 Å². The van der Waals surface area contributed by atoms with E-state index in [4.69, 9.17) is 0 Å². The Morgan fingerprint density at radius 1 is 1.31 bits per heavy atom. The van der Waals surface area contributed by atoms with Gasteiger partial charge in [0.15, 0.2) is 11.5 Å². The molecule has 0 saturated heterocycles. The van der Waals surface area contributed by atoms with Crippen LogP contribution in [0.5, 0.6) is 0 Å². The van der Waals surface area contributed by atoms with Crippen molar-refractivity contribution in [1.29, 1.82) is 0 Å². The summed E-state index contributed by atoms with van der Waals surface area (Å²) >= 11 is 1.61. The molecule has 0 aliphatic rings. The molecule has 16 heavy (non-hydrogen) atoms. The summed E-state index contributed by atoms with van der Waals surface area (Å²) in [6.07, 6.45) is 9.23. The minimum Gasteiger partial charge on any atom is -0.289 e. The molecule has 3 aromatic rings. The van der Waals surface area contributed by atoms with Crippen LogP contribution in [0.15, 0.2) is 42.1 Å². The van der Waals surface area contributed by atoms with Crippen molar-refractivity contribution in [2.75, 3.05) is 6.26 Å². The maximum atomic E-state index is 4.45. The number of aromatic nitrogens is 5. The maximum Gasteiger partial charge on any atom is 0.158 e. The molecule has 0 saturated carbocycles. The summed E-state index contributed by atoms with van der Waals surface area (Å²) in [6.45, 7) is 0. The molecule has 0 aliphatic heterocycles.